The number of nitrogens with one attached hydrogen (secondary N) is 2. The molecule has 4 bridgehead atoms. The van der Waals surface area contributed by atoms with Crippen molar-refractivity contribution in [3.63, 3.8) is 0 Å². The summed E-state index contributed by atoms with van der Waals surface area (Å²) in [7, 11) is 5.02. The van der Waals surface area contributed by atoms with Crippen LogP contribution in [-0.4, -0.2) is 24.2 Å². The fourth-order valence-corrected chi connectivity index (χ4v) is 11.0. The van der Waals surface area contributed by atoms with Gasteiger partial charge in [0, 0.05) is 24.8 Å². The van der Waals surface area contributed by atoms with E-state index in [1.165, 1.54) is 55.0 Å². The van der Waals surface area contributed by atoms with E-state index in [0.717, 1.165) is 23.7 Å². The van der Waals surface area contributed by atoms with Crippen molar-refractivity contribution in [1.82, 2.24) is 9.97 Å². The van der Waals surface area contributed by atoms with Gasteiger partial charge < -0.3 is 9.97 Å². The molecule has 7 rings (SSSR count). The standard InChI is InChI=1S/C29H40N2P2Si/c1-34(2,3)24-4-5-25(28-14-19-10-20(15-28)12-21(11-19)27(28)18-32)26(13-24)29(33,22-6-8-30-16-22)23-7-9-31-17-23/h4-9,13,16-17,19-21,27,30-31H,10-12,14-15,18,32-33H2,1-3H3. The lowest BCUT2D eigenvalue weighted by atomic mass is 9.43. The van der Waals surface area contributed by atoms with E-state index in [4.69, 9.17) is 0 Å². The molecule has 4 aliphatic carbocycles. The molecule has 4 saturated carbocycles. The monoisotopic (exact) mass is 506 g/mol. The van der Waals surface area contributed by atoms with Crippen LogP contribution in [-0.2, 0) is 10.6 Å². The summed E-state index contributed by atoms with van der Waals surface area (Å²) in [6.07, 6.45) is 17.0. The van der Waals surface area contributed by atoms with E-state index < -0.39 is 8.07 Å². The summed E-state index contributed by atoms with van der Waals surface area (Å²) in [5.41, 5.74) is 6.16. The first-order valence-corrected chi connectivity index (χ1v) is 18.1. The first kappa shape index (κ1) is 23.3. The number of benzene rings is 1. The molecule has 3 aromatic rings. The molecule has 0 aliphatic heterocycles. The van der Waals surface area contributed by atoms with Crippen LogP contribution < -0.4 is 5.19 Å². The minimum atomic E-state index is -1.48. The first-order chi connectivity index (χ1) is 16.3. The molecule has 0 saturated heterocycles. The molecule has 4 fully saturated rings. The van der Waals surface area contributed by atoms with Crippen molar-refractivity contribution in [2.75, 3.05) is 6.16 Å². The zero-order chi connectivity index (χ0) is 23.7. The SMILES string of the molecule is C[Si](C)(C)c1ccc(C23CC4CC(CC(C4)C2CP)C3)c(C(P)(c2cc[nH]c2)c2cc[nH]c2)c1. The van der Waals surface area contributed by atoms with Crippen molar-refractivity contribution in [2.45, 2.75) is 62.3 Å². The van der Waals surface area contributed by atoms with Crippen molar-refractivity contribution in [3.8, 4) is 0 Å². The third-order valence-electron chi connectivity index (χ3n) is 9.73. The Morgan fingerprint density at radius 2 is 1.56 bits per heavy atom. The molecule has 1 aromatic carbocycles. The maximum absolute atomic E-state index is 3.37. The predicted octanol–water partition coefficient (Wildman–Crippen LogP) is 6.62. The van der Waals surface area contributed by atoms with Gasteiger partial charge in [-0.3, -0.25) is 0 Å². The van der Waals surface area contributed by atoms with Gasteiger partial charge in [-0.2, -0.15) is 0 Å². The smallest absolute Gasteiger partial charge is 0.0776 e. The van der Waals surface area contributed by atoms with Crippen LogP contribution in [0.3, 0.4) is 0 Å². The molecule has 2 aromatic heterocycles. The quantitative estimate of drug-likeness (QED) is 0.278. The molecule has 0 radical (unpaired) electrons. The Morgan fingerprint density at radius 3 is 2.06 bits per heavy atom. The summed E-state index contributed by atoms with van der Waals surface area (Å²) in [6.45, 7) is 7.46. The van der Waals surface area contributed by atoms with E-state index in [-0.39, 0.29) is 5.16 Å². The highest BCUT2D eigenvalue weighted by Crippen LogP contribution is 2.65. The van der Waals surface area contributed by atoms with Crippen LogP contribution in [0.1, 0.15) is 54.4 Å². The Kier molecular flexibility index (Phi) is 5.60. The molecule has 2 heterocycles. The van der Waals surface area contributed by atoms with Crippen molar-refractivity contribution in [2.24, 2.45) is 23.7 Å². The van der Waals surface area contributed by atoms with Crippen LogP contribution in [0.2, 0.25) is 19.6 Å². The molecule has 2 nitrogen and oxygen atoms in total. The number of aromatic nitrogens is 2. The maximum atomic E-state index is 3.37. The van der Waals surface area contributed by atoms with Crippen LogP contribution in [0.15, 0.2) is 55.1 Å². The molecule has 5 heteroatoms. The summed E-state index contributed by atoms with van der Waals surface area (Å²) in [6, 6.07) is 12.3. The van der Waals surface area contributed by atoms with E-state index in [1.807, 2.05) is 0 Å². The van der Waals surface area contributed by atoms with Crippen LogP contribution in [0, 0.1) is 23.7 Å². The third-order valence-corrected chi connectivity index (χ3v) is 13.3. The van der Waals surface area contributed by atoms with Crippen molar-refractivity contribution in [3.05, 3.63) is 77.4 Å². The normalized spacial score (nSPS) is 30.7. The lowest BCUT2D eigenvalue weighted by molar-refractivity contribution is -0.0522. The molecule has 4 aliphatic rings. The third kappa shape index (κ3) is 3.41. The van der Waals surface area contributed by atoms with Gasteiger partial charge in [-0.15, -0.1) is 18.5 Å². The van der Waals surface area contributed by atoms with Gasteiger partial charge in [-0.25, -0.2) is 0 Å². The summed E-state index contributed by atoms with van der Waals surface area (Å²) in [5.74, 6) is 3.54. The molecule has 2 N–H and O–H groups in total. The fourth-order valence-electron chi connectivity index (χ4n) is 8.37. The average molecular weight is 507 g/mol. The second-order valence-electron chi connectivity index (χ2n) is 12.6. The van der Waals surface area contributed by atoms with Gasteiger partial charge >= 0.3 is 0 Å². The van der Waals surface area contributed by atoms with Gasteiger partial charge in [-0.1, -0.05) is 43.0 Å². The zero-order valence-corrected chi connectivity index (χ0v) is 24.2. The number of aromatic amines is 2. The van der Waals surface area contributed by atoms with E-state index in [0.29, 0.717) is 5.41 Å². The summed E-state index contributed by atoms with van der Waals surface area (Å²) in [4.78, 5) is 6.74. The lowest BCUT2D eigenvalue weighted by Crippen LogP contribution is -2.56. The molecular formula is C29H40N2P2Si. The number of H-pyrrole nitrogens is 2. The molecule has 34 heavy (non-hydrogen) atoms. The van der Waals surface area contributed by atoms with Gasteiger partial charge in [0.1, 0.15) is 0 Å². The molecule has 180 valence electrons. The van der Waals surface area contributed by atoms with Gasteiger partial charge in [0.25, 0.3) is 0 Å². The van der Waals surface area contributed by atoms with E-state index in [1.54, 1.807) is 10.8 Å². The van der Waals surface area contributed by atoms with Crippen LogP contribution >= 0.6 is 18.5 Å². The molecule has 0 spiro atoms. The largest absolute Gasteiger partial charge is 0.367 e. The topological polar surface area (TPSA) is 31.6 Å². The van der Waals surface area contributed by atoms with Crippen molar-refractivity contribution < 1.29 is 0 Å². The first-order valence-electron chi connectivity index (χ1n) is 13.2. The van der Waals surface area contributed by atoms with Crippen molar-refractivity contribution in [1.29, 1.82) is 0 Å². The summed E-state index contributed by atoms with van der Waals surface area (Å²) >= 11 is 0. The fraction of sp³-hybridized carbons (Fsp3) is 0.517. The Labute approximate surface area is 210 Å². The molecule has 5 atom stereocenters. The Hall–Kier alpha value is -1.14. The second-order valence-corrected chi connectivity index (χ2v) is 19.0. The van der Waals surface area contributed by atoms with E-state index in [2.05, 4.69) is 103 Å². The van der Waals surface area contributed by atoms with Crippen molar-refractivity contribution >= 4 is 31.7 Å². The minimum Gasteiger partial charge on any atom is -0.367 e. The van der Waals surface area contributed by atoms with Gasteiger partial charge in [0.05, 0.1) is 13.2 Å². The number of rotatable bonds is 6. The zero-order valence-electron chi connectivity index (χ0n) is 20.9. The molecule has 5 unspecified atom stereocenters. The number of hydrogen-bond acceptors (Lipinski definition) is 0. The summed E-state index contributed by atoms with van der Waals surface area (Å²) < 4.78 is 0. The average Bonchev–Trinajstić information content (AvgIpc) is 3.52. The summed E-state index contributed by atoms with van der Waals surface area (Å²) in [5, 5.41) is 1.30. The van der Waals surface area contributed by atoms with Crippen LogP contribution in [0.4, 0.5) is 0 Å². The highest BCUT2D eigenvalue weighted by molar-refractivity contribution is 7.19. The molecular weight excluding hydrogens is 466 g/mol. The van der Waals surface area contributed by atoms with E-state index >= 15 is 0 Å². The lowest BCUT2D eigenvalue weighted by Gasteiger charge is -2.62. The Morgan fingerprint density at radius 1 is 0.941 bits per heavy atom. The second kappa shape index (κ2) is 8.19. The highest BCUT2D eigenvalue weighted by atomic mass is 31.0. The van der Waals surface area contributed by atoms with Gasteiger partial charge in [0.15, 0.2) is 0 Å². The van der Waals surface area contributed by atoms with Crippen LogP contribution in [0.5, 0.6) is 0 Å². The minimum absolute atomic E-state index is 0.264. The highest BCUT2D eigenvalue weighted by Gasteiger charge is 2.58. The number of hydrogen-bond donors (Lipinski definition) is 2. The maximum Gasteiger partial charge on any atom is 0.0776 e. The Bertz CT molecular complexity index is 1110. The predicted molar refractivity (Wildman–Crippen MR) is 154 cm³/mol. The molecule has 0 amide bonds. The van der Waals surface area contributed by atoms with Crippen LogP contribution in [0.25, 0.3) is 0 Å². The van der Waals surface area contributed by atoms with Gasteiger partial charge in [0.2, 0.25) is 0 Å². The Balaban J connectivity index is 1.63. The van der Waals surface area contributed by atoms with E-state index in [9.17, 15) is 0 Å². The van der Waals surface area contributed by atoms with Gasteiger partial charge in [-0.05, 0) is 102 Å².